The normalized spacial score (nSPS) is 13.2. The third-order valence-electron chi connectivity index (χ3n) is 5.50. The number of rotatable bonds is 9. The molecule has 0 saturated heterocycles. The third-order valence-corrected chi connectivity index (χ3v) is 7.65. The number of carbonyl (C=O) groups excluding carboxylic acids is 1. The van der Waals surface area contributed by atoms with Crippen LogP contribution in [0.1, 0.15) is 41.1 Å². The highest BCUT2D eigenvalue weighted by Crippen LogP contribution is 2.33. The van der Waals surface area contributed by atoms with E-state index in [-0.39, 0.29) is 11.5 Å². The summed E-state index contributed by atoms with van der Waals surface area (Å²) in [6, 6.07) is 7.84. The highest BCUT2D eigenvalue weighted by atomic mass is 32.2. The first-order valence-electron chi connectivity index (χ1n) is 10.7. The zero-order valence-electron chi connectivity index (χ0n) is 17.7. The molecule has 0 saturated carbocycles. The van der Waals surface area contributed by atoms with E-state index >= 15 is 0 Å². The number of nitrogens with one attached hydrogen (secondary N) is 2. The molecular formula is C23H27N3O3S2. The number of hydrogen-bond acceptors (Lipinski definition) is 6. The van der Waals surface area contributed by atoms with Gasteiger partial charge in [-0.05, 0) is 49.3 Å². The summed E-state index contributed by atoms with van der Waals surface area (Å²) in [5.41, 5.74) is 2.28. The van der Waals surface area contributed by atoms with Gasteiger partial charge in [0, 0.05) is 23.6 Å². The monoisotopic (exact) mass is 457 g/mol. The van der Waals surface area contributed by atoms with Crippen LogP contribution in [0.15, 0.2) is 29.1 Å². The molecule has 1 aromatic carbocycles. The number of aromatic amines is 1. The van der Waals surface area contributed by atoms with Gasteiger partial charge < -0.3 is 15.0 Å². The maximum Gasteiger partial charge on any atom is 0.259 e. The minimum atomic E-state index is -0.0194. The Labute approximate surface area is 189 Å². The lowest BCUT2D eigenvalue weighted by Gasteiger charge is -2.09. The van der Waals surface area contributed by atoms with Gasteiger partial charge in [-0.3, -0.25) is 9.59 Å². The summed E-state index contributed by atoms with van der Waals surface area (Å²) in [5.74, 6) is 2.85. The Morgan fingerprint density at radius 3 is 3.00 bits per heavy atom. The SMILES string of the molecule is COc1ccccc1CCNC(=O)CCSCc1nc2sc3c(c2c(=O)[nH]1)CCCC3. The van der Waals surface area contributed by atoms with Crippen molar-refractivity contribution in [1.29, 1.82) is 0 Å². The minimum absolute atomic E-state index is 0.0194. The summed E-state index contributed by atoms with van der Waals surface area (Å²) in [6.45, 7) is 0.582. The fraction of sp³-hybridized carbons (Fsp3) is 0.435. The maximum absolute atomic E-state index is 12.6. The molecule has 4 rings (SSSR count). The van der Waals surface area contributed by atoms with Crippen molar-refractivity contribution in [2.45, 2.75) is 44.3 Å². The molecule has 164 valence electrons. The number of benzene rings is 1. The predicted molar refractivity (Wildman–Crippen MR) is 127 cm³/mol. The van der Waals surface area contributed by atoms with Crippen LogP contribution in [0, 0.1) is 0 Å². The number of thiophene rings is 1. The summed E-state index contributed by atoms with van der Waals surface area (Å²) in [4.78, 5) is 34.5. The number of carbonyl (C=O) groups is 1. The van der Waals surface area contributed by atoms with Gasteiger partial charge in [-0.1, -0.05) is 18.2 Å². The van der Waals surface area contributed by atoms with E-state index in [1.54, 1.807) is 30.2 Å². The molecule has 0 aliphatic heterocycles. The summed E-state index contributed by atoms with van der Waals surface area (Å²) in [7, 11) is 1.65. The fourth-order valence-electron chi connectivity index (χ4n) is 3.95. The average Bonchev–Trinajstić information content (AvgIpc) is 3.16. The average molecular weight is 458 g/mol. The van der Waals surface area contributed by atoms with Gasteiger partial charge in [0.15, 0.2) is 0 Å². The van der Waals surface area contributed by atoms with Gasteiger partial charge in [0.05, 0.1) is 18.2 Å². The molecule has 1 aliphatic carbocycles. The van der Waals surface area contributed by atoms with E-state index in [9.17, 15) is 9.59 Å². The number of aryl methyl sites for hydroxylation is 2. The molecule has 2 heterocycles. The van der Waals surface area contributed by atoms with Crippen LogP contribution in [0.2, 0.25) is 0 Å². The van der Waals surface area contributed by atoms with Crippen LogP contribution < -0.4 is 15.6 Å². The van der Waals surface area contributed by atoms with Crippen LogP contribution in [0.3, 0.4) is 0 Å². The molecule has 0 bridgehead atoms. The molecule has 1 amide bonds. The van der Waals surface area contributed by atoms with Crippen molar-refractivity contribution < 1.29 is 9.53 Å². The molecule has 31 heavy (non-hydrogen) atoms. The Bertz CT molecular complexity index is 1120. The Hall–Kier alpha value is -2.32. The number of hydrogen-bond donors (Lipinski definition) is 2. The molecule has 1 aliphatic rings. The largest absolute Gasteiger partial charge is 0.496 e. The van der Waals surface area contributed by atoms with Crippen molar-refractivity contribution in [2.75, 3.05) is 19.4 Å². The molecular weight excluding hydrogens is 430 g/mol. The predicted octanol–water partition coefficient (Wildman–Crippen LogP) is 3.85. The van der Waals surface area contributed by atoms with Crippen molar-refractivity contribution >= 4 is 39.2 Å². The van der Waals surface area contributed by atoms with Crippen LogP contribution >= 0.6 is 23.1 Å². The molecule has 8 heteroatoms. The third kappa shape index (κ3) is 5.30. The van der Waals surface area contributed by atoms with Gasteiger partial charge >= 0.3 is 0 Å². The summed E-state index contributed by atoms with van der Waals surface area (Å²) >= 11 is 3.28. The van der Waals surface area contributed by atoms with Crippen molar-refractivity contribution in [1.82, 2.24) is 15.3 Å². The minimum Gasteiger partial charge on any atom is -0.496 e. The van der Waals surface area contributed by atoms with Gasteiger partial charge in [-0.25, -0.2) is 4.98 Å². The molecule has 0 radical (unpaired) electrons. The number of fused-ring (bicyclic) bond motifs is 3. The number of ether oxygens (including phenoxy) is 1. The Morgan fingerprint density at radius 1 is 1.29 bits per heavy atom. The summed E-state index contributed by atoms with van der Waals surface area (Å²) in [5, 5.41) is 3.76. The Kier molecular flexibility index (Phi) is 7.29. The number of methoxy groups -OCH3 is 1. The molecule has 0 fully saturated rings. The number of aromatic nitrogens is 2. The van der Waals surface area contributed by atoms with Crippen LogP contribution in [0.25, 0.3) is 10.2 Å². The highest BCUT2D eigenvalue weighted by Gasteiger charge is 2.19. The molecule has 6 nitrogen and oxygen atoms in total. The zero-order chi connectivity index (χ0) is 21.6. The number of amides is 1. The van der Waals surface area contributed by atoms with E-state index in [1.165, 1.54) is 16.9 Å². The van der Waals surface area contributed by atoms with E-state index < -0.39 is 0 Å². The smallest absolute Gasteiger partial charge is 0.259 e. The van der Waals surface area contributed by atoms with Gasteiger partial charge in [-0.2, -0.15) is 11.8 Å². The summed E-state index contributed by atoms with van der Waals surface area (Å²) in [6.07, 6.45) is 5.57. The van der Waals surface area contributed by atoms with Crippen LogP contribution in [-0.2, 0) is 29.8 Å². The van der Waals surface area contributed by atoms with Gasteiger partial charge in [0.1, 0.15) is 16.4 Å². The van der Waals surface area contributed by atoms with E-state index in [1.807, 2.05) is 24.3 Å². The Balaban J connectivity index is 1.23. The molecule has 3 aromatic rings. The second-order valence-electron chi connectivity index (χ2n) is 7.62. The number of H-pyrrole nitrogens is 1. The van der Waals surface area contributed by atoms with Crippen molar-refractivity contribution in [3.05, 3.63) is 56.4 Å². The van der Waals surface area contributed by atoms with Crippen LogP contribution in [0.4, 0.5) is 0 Å². The van der Waals surface area contributed by atoms with E-state index in [0.717, 1.165) is 47.2 Å². The second kappa shape index (κ2) is 10.3. The molecule has 2 N–H and O–H groups in total. The van der Waals surface area contributed by atoms with E-state index in [4.69, 9.17) is 4.74 Å². The second-order valence-corrected chi connectivity index (χ2v) is 9.81. The lowest BCUT2D eigenvalue weighted by Crippen LogP contribution is -2.26. The first kappa shape index (κ1) is 21.9. The quantitative estimate of drug-likeness (QED) is 0.477. The van der Waals surface area contributed by atoms with E-state index in [0.29, 0.717) is 30.3 Å². The topological polar surface area (TPSA) is 84.1 Å². The molecule has 2 aromatic heterocycles. The van der Waals surface area contributed by atoms with Crippen molar-refractivity contribution in [3.8, 4) is 5.75 Å². The van der Waals surface area contributed by atoms with Crippen molar-refractivity contribution in [2.24, 2.45) is 0 Å². The van der Waals surface area contributed by atoms with Gasteiger partial charge in [-0.15, -0.1) is 11.3 Å². The fourth-order valence-corrected chi connectivity index (χ4v) is 6.03. The van der Waals surface area contributed by atoms with Gasteiger partial charge in [0.2, 0.25) is 5.91 Å². The number of nitrogens with zero attached hydrogens (tertiary/aromatic N) is 1. The van der Waals surface area contributed by atoms with Crippen molar-refractivity contribution in [3.63, 3.8) is 0 Å². The maximum atomic E-state index is 12.6. The lowest BCUT2D eigenvalue weighted by atomic mass is 9.97. The van der Waals surface area contributed by atoms with Gasteiger partial charge in [0.25, 0.3) is 5.56 Å². The highest BCUT2D eigenvalue weighted by molar-refractivity contribution is 7.98. The first-order chi connectivity index (χ1) is 15.2. The van der Waals surface area contributed by atoms with Crippen LogP contribution in [0.5, 0.6) is 5.75 Å². The molecule has 0 spiro atoms. The molecule has 0 atom stereocenters. The lowest BCUT2D eigenvalue weighted by molar-refractivity contribution is -0.120. The Morgan fingerprint density at radius 2 is 2.13 bits per heavy atom. The van der Waals surface area contributed by atoms with Crippen LogP contribution in [-0.4, -0.2) is 35.3 Å². The van der Waals surface area contributed by atoms with E-state index in [2.05, 4.69) is 15.3 Å². The zero-order valence-corrected chi connectivity index (χ0v) is 19.3. The molecule has 0 unspecified atom stereocenters. The number of thioether (sulfide) groups is 1. The number of para-hydroxylation sites is 1. The first-order valence-corrected chi connectivity index (χ1v) is 12.6. The standard InChI is InChI=1S/C23H27N3O3S2/c1-29-17-8-4-2-6-15(17)10-12-24-20(27)11-13-30-14-19-25-22(28)21-16-7-3-5-9-18(16)31-23(21)26-19/h2,4,6,8H,3,5,7,9-14H2,1H3,(H,24,27)(H,25,26,28). The summed E-state index contributed by atoms with van der Waals surface area (Å²) < 4.78 is 5.34.